The topological polar surface area (TPSA) is 55.8 Å². The summed E-state index contributed by atoms with van der Waals surface area (Å²) in [6.07, 6.45) is 21.2. The Morgan fingerprint density at radius 2 is 1.56 bits per heavy atom. The van der Waals surface area contributed by atoms with Crippen molar-refractivity contribution in [3.63, 3.8) is 0 Å². The maximum Gasteiger partial charge on any atom is 0.100 e. The molecule has 0 amide bonds. The number of para-hydroxylation sites is 3. The first-order valence-corrected chi connectivity index (χ1v) is 17.4. The summed E-state index contributed by atoms with van der Waals surface area (Å²) >= 11 is 0. The molecule has 4 heteroatoms. The van der Waals surface area contributed by atoms with Gasteiger partial charge in [-0.05, 0) is 64.9 Å². The van der Waals surface area contributed by atoms with Gasteiger partial charge in [0.2, 0.25) is 0 Å². The van der Waals surface area contributed by atoms with E-state index in [0.29, 0.717) is 11.1 Å². The number of nitrogens with zero attached hydrogens (tertiary/aromatic N) is 4. The third-order valence-corrected chi connectivity index (χ3v) is 10.7. The van der Waals surface area contributed by atoms with E-state index >= 15 is 0 Å². The predicted octanol–water partition coefficient (Wildman–Crippen LogP) is 10.8. The Balaban J connectivity index is 1.19. The summed E-state index contributed by atoms with van der Waals surface area (Å²) < 4.78 is 2.37. The molecule has 2 heterocycles. The van der Waals surface area contributed by atoms with Crippen LogP contribution in [0.1, 0.15) is 52.8 Å². The average Bonchev–Trinajstić information content (AvgIpc) is 3.54. The molecule has 3 atom stereocenters. The van der Waals surface area contributed by atoms with Crippen molar-refractivity contribution >= 4 is 39.5 Å². The van der Waals surface area contributed by atoms with Crippen molar-refractivity contribution in [2.45, 2.75) is 31.7 Å². The Morgan fingerprint density at radius 1 is 0.760 bits per heavy atom. The van der Waals surface area contributed by atoms with Gasteiger partial charge in [-0.15, -0.1) is 0 Å². The Kier molecular flexibility index (Phi) is 7.11. The van der Waals surface area contributed by atoms with E-state index in [-0.39, 0.29) is 17.9 Å². The van der Waals surface area contributed by atoms with Crippen LogP contribution >= 0.6 is 0 Å². The summed E-state index contributed by atoms with van der Waals surface area (Å²) in [5.41, 5.74) is 13.0. The summed E-state index contributed by atoms with van der Waals surface area (Å²) in [4.78, 5) is 2.35. The van der Waals surface area contributed by atoms with Gasteiger partial charge in [-0.25, -0.2) is 0 Å². The molecule has 4 nitrogen and oxygen atoms in total. The zero-order chi connectivity index (χ0) is 33.8. The van der Waals surface area contributed by atoms with Crippen molar-refractivity contribution in [2.24, 2.45) is 5.92 Å². The minimum atomic E-state index is 0.0702. The highest BCUT2D eigenvalue weighted by Crippen LogP contribution is 2.49. The summed E-state index contributed by atoms with van der Waals surface area (Å²) in [6.45, 7) is 2.17. The van der Waals surface area contributed by atoms with E-state index in [1.807, 2.05) is 6.07 Å². The van der Waals surface area contributed by atoms with Crippen LogP contribution in [0.2, 0.25) is 0 Å². The smallest absolute Gasteiger partial charge is 0.100 e. The number of benzene rings is 4. The van der Waals surface area contributed by atoms with Crippen molar-refractivity contribution in [2.75, 3.05) is 4.90 Å². The monoisotopic (exact) mass is 642 g/mol. The van der Waals surface area contributed by atoms with Gasteiger partial charge in [0.25, 0.3) is 0 Å². The largest absolute Gasteiger partial charge is 0.333 e. The molecule has 0 fully saturated rings. The summed E-state index contributed by atoms with van der Waals surface area (Å²) in [6, 6.07) is 37.1. The van der Waals surface area contributed by atoms with Gasteiger partial charge in [0.15, 0.2) is 0 Å². The van der Waals surface area contributed by atoms with Crippen molar-refractivity contribution in [3.05, 3.63) is 179 Å². The molecule has 0 radical (unpaired) electrons. The number of allylic oxidation sites excluding steroid dienone is 9. The first-order valence-electron chi connectivity index (χ1n) is 17.4. The maximum absolute atomic E-state index is 10.9. The SMILES string of the molecule is CC1CC=C(c2ccccc2-n2c3c(c4ccccc42)C=CC=CC3)C(C#N)=C1c1ccc(N2c3ccccc3C3C=CC=CC32)cc1C#N. The van der Waals surface area contributed by atoms with E-state index in [4.69, 9.17) is 0 Å². The molecule has 4 aliphatic rings. The molecule has 1 aromatic heterocycles. The maximum atomic E-state index is 10.9. The summed E-state index contributed by atoms with van der Waals surface area (Å²) in [5, 5.41) is 22.8. The van der Waals surface area contributed by atoms with Crippen molar-refractivity contribution in [1.82, 2.24) is 4.57 Å². The van der Waals surface area contributed by atoms with Crippen LogP contribution in [0.3, 0.4) is 0 Å². The molecule has 3 aliphatic carbocycles. The third kappa shape index (κ3) is 4.50. The molecule has 1 aliphatic heterocycles. The van der Waals surface area contributed by atoms with E-state index in [1.165, 1.54) is 27.9 Å². The van der Waals surface area contributed by atoms with Crippen LogP contribution in [0.5, 0.6) is 0 Å². The second kappa shape index (κ2) is 12.0. The van der Waals surface area contributed by atoms with Crippen molar-refractivity contribution in [1.29, 1.82) is 10.5 Å². The van der Waals surface area contributed by atoms with E-state index < -0.39 is 0 Å². The van der Waals surface area contributed by atoms with Crippen LogP contribution in [0.4, 0.5) is 11.4 Å². The van der Waals surface area contributed by atoms with Crippen LogP contribution in [0.25, 0.3) is 33.8 Å². The Labute approximate surface area is 292 Å². The molecule has 0 saturated heterocycles. The lowest BCUT2D eigenvalue weighted by molar-refractivity contribution is 0.744. The van der Waals surface area contributed by atoms with E-state index in [9.17, 15) is 10.5 Å². The van der Waals surface area contributed by atoms with E-state index in [2.05, 4.69) is 168 Å². The van der Waals surface area contributed by atoms with Gasteiger partial charge in [0, 0.05) is 45.9 Å². The zero-order valence-corrected chi connectivity index (χ0v) is 27.8. The lowest BCUT2D eigenvalue weighted by Crippen LogP contribution is -2.28. The van der Waals surface area contributed by atoms with Crippen molar-refractivity contribution < 1.29 is 0 Å². The molecule has 3 unspecified atom stereocenters. The third-order valence-electron chi connectivity index (χ3n) is 10.7. The first kappa shape index (κ1) is 29.8. The van der Waals surface area contributed by atoms with E-state index in [0.717, 1.165) is 52.0 Å². The molecule has 0 spiro atoms. The fourth-order valence-corrected chi connectivity index (χ4v) is 8.56. The van der Waals surface area contributed by atoms with Crippen LogP contribution in [-0.2, 0) is 6.42 Å². The Hall–Kier alpha value is -6.36. The number of anilines is 2. The minimum Gasteiger partial charge on any atom is -0.333 e. The minimum absolute atomic E-state index is 0.0702. The fraction of sp³-hybridized carbons (Fsp3) is 0.130. The molecule has 4 aromatic carbocycles. The van der Waals surface area contributed by atoms with Crippen molar-refractivity contribution in [3.8, 4) is 17.8 Å². The molecule has 0 N–H and O–H groups in total. The second-order valence-electron chi connectivity index (χ2n) is 13.4. The molecule has 50 heavy (non-hydrogen) atoms. The van der Waals surface area contributed by atoms with Gasteiger partial charge in [-0.2, -0.15) is 10.5 Å². The fourth-order valence-electron chi connectivity index (χ4n) is 8.56. The lowest BCUT2D eigenvalue weighted by Gasteiger charge is -2.30. The average molecular weight is 643 g/mol. The molecule has 238 valence electrons. The second-order valence-corrected chi connectivity index (χ2v) is 13.4. The van der Waals surface area contributed by atoms with Crippen LogP contribution < -0.4 is 4.90 Å². The molecule has 5 aromatic rings. The van der Waals surface area contributed by atoms with Gasteiger partial charge >= 0.3 is 0 Å². The molecular formula is C46H34N4. The van der Waals surface area contributed by atoms with Crippen LogP contribution in [0.15, 0.2) is 145 Å². The molecular weight excluding hydrogens is 609 g/mol. The number of nitriles is 2. The summed E-state index contributed by atoms with van der Waals surface area (Å²) in [7, 11) is 0. The standard InChI is InChI=1S/C46H34N4/c1-30-23-25-34(35-14-5-11-21-43(35)50-44-18-4-2-3-13-38(44)39-17-8-12-22-45(39)50)40(29-48)46(30)33-26-24-32(27-31(33)28-47)49-41-19-9-6-15-36(41)37-16-7-10-20-42(37)49/h2-17,19-22,24-27,30,36,41H,18,23H2,1H3. The highest BCUT2D eigenvalue weighted by molar-refractivity contribution is 6.00. The van der Waals surface area contributed by atoms with Crippen LogP contribution in [0, 0.1) is 28.6 Å². The Morgan fingerprint density at radius 3 is 2.44 bits per heavy atom. The van der Waals surface area contributed by atoms with Gasteiger partial charge < -0.3 is 9.47 Å². The highest BCUT2D eigenvalue weighted by Gasteiger charge is 2.37. The highest BCUT2D eigenvalue weighted by atomic mass is 15.2. The molecule has 9 rings (SSSR count). The quantitative estimate of drug-likeness (QED) is 0.196. The molecule has 0 bridgehead atoms. The van der Waals surface area contributed by atoms with E-state index in [1.54, 1.807) is 0 Å². The van der Waals surface area contributed by atoms with Gasteiger partial charge in [-0.1, -0.05) is 122 Å². The number of hydrogen-bond donors (Lipinski definition) is 0. The van der Waals surface area contributed by atoms with Gasteiger partial charge in [0.05, 0.1) is 34.5 Å². The number of hydrogen-bond acceptors (Lipinski definition) is 3. The first-order chi connectivity index (χ1) is 24.7. The van der Waals surface area contributed by atoms with Crippen LogP contribution in [-0.4, -0.2) is 10.6 Å². The normalized spacial score (nSPS) is 20.2. The number of aromatic nitrogens is 1. The molecule has 0 saturated carbocycles. The Bertz CT molecular complexity index is 2500. The number of fused-ring (bicyclic) bond motifs is 6. The van der Waals surface area contributed by atoms with Gasteiger partial charge in [-0.3, -0.25) is 0 Å². The summed E-state index contributed by atoms with van der Waals surface area (Å²) in [5.74, 6) is 0.334. The zero-order valence-electron chi connectivity index (χ0n) is 27.8. The lowest BCUT2D eigenvalue weighted by atomic mass is 9.77. The predicted molar refractivity (Wildman–Crippen MR) is 204 cm³/mol. The van der Waals surface area contributed by atoms with Gasteiger partial charge in [0.1, 0.15) is 6.07 Å². The number of rotatable bonds is 4.